The predicted molar refractivity (Wildman–Crippen MR) is 112 cm³/mol. The van der Waals surface area contributed by atoms with Crippen LogP contribution in [0.15, 0.2) is 35.4 Å². The largest absolute Gasteiger partial charge is 0.451 e. The van der Waals surface area contributed by atoms with Gasteiger partial charge in [-0.05, 0) is 24.3 Å². The Hall–Kier alpha value is -2.47. The Balaban J connectivity index is 1.71. The molecule has 0 unspecified atom stereocenters. The van der Waals surface area contributed by atoms with Gasteiger partial charge in [0.15, 0.2) is 11.6 Å². The molecule has 0 aliphatic carbocycles. The lowest BCUT2D eigenvalue weighted by atomic mass is 10.2. The fraction of sp³-hybridized carbons (Fsp3) is 0.222. The Labute approximate surface area is 185 Å². The van der Waals surface area contributed by atoms with Gasteiger partial charge < -0.3 is 9.30 Å². The van der Waals surface area contributed by atoms with E-state index < -0.39 is 33.5 Å². The maximum atomic E-state index is 14.5. The number of ether oxygens (including phenoxy) is 1. The Bertz CT molecular complexity index is 1360. The zero-order valence-electron chi connectivity index (χ0n) is 15.8. The second-order valence-corrected chi connectivity index (χ2v) is 9.22. The van der Waals surface area contributed by atoms with Crippen molar-refractivity contribution in [2.24, 2.45) is 7.05 Å². The summed E-state index contributed by atoms with van der Waals surface area (Å²) in [6.07, 6.45) is 0.0908. The molecule has 4 rings (SSSR count). The van der Waals surface area contributed by atoms with Crippen LogP contribution in [0.1, 0.15) is 0 Å². The molecule has 1 N–H and O–H groups in total. The van der Waals surface area contributed by atoms with Gasteiger partial charge in [0.05, 0.1) is 27.9 Å². The van der Waals surface area contributed by atoms with E-state index >= 15 is 0 Å². The Morgan fingerprint density at radius 3 is 2.58 bits per heavy atom. The Morgan fingerprint density at radius 1 is 1.19 bits per heavy atom. The molecule has 0 saturated carbocycles. The molecule has 13 heteroatoms. The van der Waals surface area contributed by atoms with E-state index in [1.165, 1.54) is 30.1 Å². The molecule has 31 heavy (non-hydrogen) atoms. The second kappa shape index (κ2) is 7.90. The molecule has 0 atom stereocenters. The molecule has 0 bridgehead atoms. The van der Waals surface area contributed by atoms with Crippen LogP contribution in [-0.2, 0) is 17.3 Å². The number of hydrogen-bond acceptors (Lipinski definition) is 5. The van der Waals surface area contributed by atoms with Gasteiger partial charge in [0.25, 0.3) is 5.56 Å². The number of aryl methyl sites for hydroxylation is 1. The third-order valence-electron chi connectivity index (χ3n) is 4.63. The van der Waals surface area contributed by atoms with E-state index in [9.17, 15) is 22.0 Å². The number of alkyl halides is 1. The normalized spacial score (nSPS) is 15.1. The van der Waals surface area contributed by atoms with Gasteiger partial charge in [0.1, 0.15) is 16.9 Å². The first kappa shape index (κ1) is 21.8. The molecule has 0 radical (unpaired) electrons. The summed E-state index contributed by atoms with van der Waals surface area (Å²) in [4.78, 5) is 16.5. The number of benzene rings is 2. The van der Waals surface area contributed by atoms with Crippen molar-refractivity contribution in [3.8, 4) is 11.5 Å². The molecule has 2 aromatic carbocycles. The first-order valence-corrected chi connectivity index (χ1v) is 11.0. The monoisotopic (exact) mass is 490 g/mol. The van der Waals surface area contributed by atoms with Gasteiger partial charge in [0.2, 0.25) is 0 Å². The SMILES string of the molecule is Cn1cnc2ccc(Oc3c(F)ccc(NS(=O)(=O)N4CC(F)C4)c3Cl)c(Cl)c2c1=O. The molecule has 8 nitrogen and oxygen atoms in total. The van der Waals surface area contributed by atoms with Crippen LogP contribution in [-0.4, -0.2) is 41.5 Å². The summed E-state index contributed by atoms with van der Waals surface area (Å²) in [5.41, 5.74) is -0.293. The van der Waals surface area contributed by atoms with Gasteiger partial charge in [-0.15, -0.1) is 0 Å². The first-order chi connectivity index (χ1) is 14.6. The number of fused-ring (bicyclic) bond motifs is 1. The molecule has 1 aromatic heterocycles. The summed E-state index contributed by atoms with van der Waals surface area (Å²) in [5.74, 6) is -1.48. The molecule has 1 aliphatic heterocycles. The number of aromatic nitrogens is 2. The summed E-state index contributed by atoms with van der Waals surface area (Å²) in [6.45, 7) is -0.569. The van der Waals surface area contributed by atoms with E-state index in [-0.39, 0.29) is 40.0 Å². The number of rotatable bonds is 5. The van der Waals surface area contributed by atoms with Gasteiger partial charge in [-0.25, -0.2) is 13.8 Å². The predicted octanol–water partition coefficient (Wildman–Crippen LogP) is 3.48. The van der Waals surface area contributed by atoms with E-state index in [0.717, 1.165) is 16.4 Å². The lowest BCUT2D eigenvalue weighted by Gasteiger charge is -2.33. The maximum absolute atomic E-state index is 14.5. The van der Waals surface area contributed by atoms with Crippen LogP contribution in [0.5, 0.6) is 11.5 Å². The molecular formula is C18H14Cl2F2N4O4S. The van der Waals surface area contributed by atoms with Crippen LogP contribution in [0.3, 0.4) is 0 Å². The molecule has 1 saturated heterocycles. The van der Waals surface area contributed by atoms with E-state index in [2.05, 4.69) is 9.71 Å². The standard InChI is InChI=1S/C18H14Cl2F2N4O4S/c1-25-8-23-11-4-5-13(16(20)14(11)18(25)27)30-17-10(22)2-3-12(15(17)19)24-31(28,29)26-6-9(21)7-26/h2-5,8-9,24H,6-7H2,1H3. The average Bonchev–Trinajstić information content (AvgIpc) is 2.69. The smallest absolute Gasteiger partial charge is 0.301 e. The Kier molecular flexibility index (Phi) is 5.54. The van der Waals surface area contributed by atoms with Crippen molar-refractivity contribution in [3.05, 3.63) is 56.8 Å². The fourth-order valence-corrected chi connectivity index (χ4v) is 4.78. The first-order valence-electron chi connectivity index (χ1n) is 8.80. The highest BCUT2D eigenvalue weighted by Gasteiger charge is 2.36. The van der Waals surface area contributed by atoms with Crippen LogP contribution in [0.25, 0.3) is 10.9 Å². The molecule has 0 spiro atoms. The minimum absolute atomic E-state index is 0.0658. The van der Waals surface area contributed by atoms with Crippen LogP contribution in [0, 0.1) is 5.82 Å². The molecule has 1 aliphatic rings. The van der Waals surface area contributed by atoms with E-state index in [1.807, 2.05) is 0 Å². The summed E-state index contributed by atoms with van der Waals surface area (Å²) in [5, 5.41) is -0.422. The Morgan fingerprint density at radius 2 is 1.90 bits per heavy atom. The van der Waals surface area contributed by atoms with E-state index in [1.54, 1.807) is 0 Å². The van der Waals surface area contributed by atoms with Gasteiger partial charge in [-0.3, -0.25) is 9.52 Å². The highest BCUT2D eigenvalue weighted by atomic mass is 35.5. The van der Waals surface area contributed by atoms with Gasteiger partial charge in [-0.1, -0.05) is 23.2 Å². The molecule has 1 fully saturated rings. The highest BCUT2D eigenvalue weighted by molar-refractivity contribution is 7.90. The summed E-state index contributed by atoms with van der Waals surface area (Å²) in [6, 6.07) is 4.90. The third kappa shape index (κ3) is 3.93. The molecular weight excluding hydrogens is 477 g/mol. The van der Waals surface area contributed by atoms with Crippen LogP contribution in [0.4, 0.5) is 14.5 Å². The van der Waals surface area contributed by atoms with Crippen molar-refractivity contribution >= 4 is 50.0 Å². The van der Waals surface area contributed by atoms with Crippen LogP contribution in [0.2, 0.25) is 10.0 Å². The molecule has 3 aromatic rings. The van der Waals surface area contributed by atoms with Crippen molar-refractivity contribution in [2.45, 2.75) is 6.17 Å². The van der Waals surface area contributed by atoms with Gasteiger partial charge >= 0.3 is 10.2 Å². The zero-order chi connectivity index (χ0) is 22.5. The number of anilines is 1. The minimum Gasteiger partial charge on any atom is -0.451 e. The van der Waals surface area contributed by atoms with Crippen molar-refractivity contribution in [3.63, 3.8) is 0 Å². The number of nitrogens with zero attached hydrogens (tertiary/aromatic N) is 3. The lowest BCUT2D eigenvalue weighted by Crippen LogP contribution is -2.53. The number of hydrogen-bond donors (Lipinski definition) is 1. The molecule has 2 heterocycles. The van der Waals surface area contributed by atoms with Gasteiger partial charge in [-0.2, -0.15) is 12.7 Å². The summed E-state index contributed by atoms with van der Waals surface area (Å²) < 4.78 is 61.9. The summed E-state index contributed by atoms with van der Waals surface area (Å²) in [7, 11) is -2.59. The molecule has 0 amide bonds. The van der Waals surface area contributed by atoms with Crippen molar-refractivity contribution in [1.82, 2.24) is 13.9 Å². The fourth-order valence-electron chi connectivity index (χ4n) is 2.92. The molecule has 164 valence electrons. The van der Waals surface area contributed by atoms with Crippen LogP contribution >= 0.6 is 23.2 Å². The van der Waals surface area contributed by atoms with Gasteiger partial charge in [0, 0.05) is 20.1 Å². The average molecular weight is 491 g/mol. The van der Waals surface area contributed by atoms with Crippen molar-refractivity contribution in [2.75, 3.05) is 17.8 Å². The number of nitrogens with one attached hydrogen (secondary N) is 1. The lowest BCUT2D eigenvalue weighted by molar-refractivity contribution is 0.142. The van der Waals surface area contributed by atoms with Crippen molar-refractivity contribution < 1.29 is 21.9 Å². The van der Waals surface area contributed by atoms with E-state index in [0.29, 0.717) is 5.52 Å². The zero-order valence-corrected chi connectivity index (χ0v) is 18.1. The second-order valence-electron chi connectivity index (χ2n) is 6.79. The summed E-state index contributed by atoms with van der Waals surface area (Å²) >= 11 is 12.5. The third-order valence-corrected chi connectivity index (χ3v) is 6.84. The van der Waals surface area contributed by atoms with E-state index in [4.69, 9.17) is 27.9 Å². The van der Waals surface area contributed by atoms with Crippen molar-refractivity contribution in [1.29, 1.82) is 0 Å². The highest BCUT2D eigenvalue weighted by Crippen LogP contribution is 2.41. The number of halogens is 4. The topological polar surface area (TPSA) is 93.5 Å². The minimum atomic E-state index is -4.08. The maximum Gasteiger partial charge on any atom is 0.301 e. The van der Waals surface area contributed by atoms with Crippen LogP contribution < -0.4 is 15.0 Å². The quantitative estimate of drug-likeness (QED) is 0.590.